The maximum absolute atomic E-state index is 12.6. The molecule has 1 unspecified atom stereocenters. The van der Waals surface area contributed by atoms with Crippen molar-refractivity contribution in [3.8, 4) is 0 Å². The van der Waals surface area contributed by atoms with E-state index in [1.807, 2.05) is 30.3 Å². The van der Waals surface area contributed by atoms with Crippen LogP contribution in [0.3, 0.4) is 0 Å². The first kappa shape index (κ1) is 16.3. The van der Waals surface area contributed by atoms with Gasteiger partial charge in [-0.2, -0.15) is 0 Å². The molecule has 0 saturated carbocycles. The van der Waals surface area contributed by atoms with Crippen molar-refractivity contribution in [3.05, 3.63) is 64.1 Å². The molecular weight excluding hydrogens is 329 g/mol. The molecule has 112 valence electrons. The fraction of sp³-hybridized carbons (Fsp3) is 0.200. The van der Waals surface area contributed by atoms with Gasteiger partial charge in [0.2, 0.25) is 0 Å². The van der Waals surface area contributed by atoms with Crippen LogP contribution in [0.15, 0.2) is 53.4 Å². The molecule has 3 nitrogen and oxygen atoms in total. The van der Waals surface area contributed by atoms with E-state index in [0.717, 1.165) is 5.56 Å². The number of hydrogen-bond donors (Lipinski definition) is 1. The molecule has 2 aromatic rings. The fourth-order valence-corrected chi connectivity index (χ4v) is 5.01. The Hall–Kier alpha value is -1.07. The van der Waals surface area contributed by atoms with Crippen LogP contribution in [0.1, 0.15) is 11.5 Å². The third-order valence-corrected chi connectivity index (χ3v) is 5.96. The molecule has 0 radical (unpaired) electrons. The van der Waals surface area contributed by atoms with Gasteiger partial charge in [-0.05, 0) is 17.7 Å². The molecule has 6 heteroatoms. The van der Waals surface area contributed by atoms with Crippen molar-refractivity contribution in [2.75, 3.05) is 12.3 Å². The molecule has 1 atom stereocenters. The second-order valence-corrected chi connectivity index (χ2v) is 7.46. The van der Waals surface area contributed by atoms with Gasteiger partial charge in [0.1, 0.15) is 4.90 Å². The zero-order valence-electron chi connectivity index (χ0n) is 11.2. The lowest BCUT2D eigenvalue weighted by molar-refractivity contribution is 0.587. The van der Waals surface area contributed by atoms with E-state index in [1.165, 1.54) is 12.1 Å². The van der Waals surface area contributed by atoms with Crippen LogP contribution in [0.5, 0.6) is 0 Å². The third-order valence-electron chi connectivity index (χ3n) is 3.21. The number of rotatable bonds is 5. The van der Waals surface area contributed by atoms with Gasteiger partial charge < -0.3 is 5.73 Å². The molecule has 0 amide bonds. The van der Waals surface area contributed by atoms with E-state index in [2.05, 4.69) is 0 Å². The average Bonchev–Trinajstić information content (AvgIpc) is 2.45. The summed E-state index contributed by atoms with van der Waals surface area (Å²) in [6.45, 7) is 0.227. The highest BCUT2D eigenvalue weighted by atomic mass is 35.5. The summed E-state index contributed by atoms with van der Waals surface area (Å²) in [5.74, 6) is -0.430. The van der Waals surface area contributed by atoms with E-state index in [0.29, 0.717) is 0 Å². The lowest BCUT2D eigenvalue weighted by atomic mass is 10.0. The van der Waals surface area contributed by atoms with Gasteiger partial charge in [-0.25, -0.2) is 8.42 Å². The first-order valence-electron chi connectivity index (χ1n) is 6.37. The molecule has 0 spiro atoms. The van der Waals surface area contributed by atoms with Crippen molar-refractivity contribution < 1.29 is 8.42 Å². The van der Waals surface area contributed by atoms with E-state index in [-0.39, 0.29) is 33.2 Å². The van der Waals surface area contributed by atoms with Gasteiger partial charge in [0.05, 0.1) is 15.8 Å². The molecule has 0 saturated heterocycles. The van der Waals surface area contributed by atoms with Gasteiger partial charge >= 0.3 is 0 Å². The Kier molecular flexibility index (Phi) is 5.27. The van der Waals surface area contributed by atoms with E-state index in [4.69, 9.17) is 28.9 Å². The van der Waals surface area contributed by atoms with Crippen molar-refractivity contribution >= 4 is 33.0 Å². The molecule has 21 heavy (non-hydrogen) atoms. The van der Waals surface area contributed by atoms with E-state index < -0.39 is 9.84 Å². The van der Waals surface area contributed by atoms with Gasteiger partial charge in [0.15, 0.2) is 9.84 Å². The standard InChI is InChI=1S/C15H15Cl2NO2S/c16-13-7-4-8-14(17)15(13)21(19,20)10-12(9-18)11-5-2-1-3-6-11/h1-8,12H,9-10,18H2. The van der Waals surface area contributed by atoms with Crippen LogP contribution in [0.2, 0.25) is 10.0 Å². The Morgan fingerprint density at radius 1 is 0.952 bits per heavy atom. The SMILES string of the molecule is NCC(CS(=O)(=O)c1c(Cl)cccc1Cl)c1ccccc1. The van der Waals surface area contributed by atoms with Crippen molar-refractivity contribution in [2.24, 2.45) is 5.73 Å². The summed E-state index contributed by atoms with van der Waals surface area (Å²) in [6, 6.07) is 13.9. The van der Waals surface area contributed by atoms with Crippen LogP contribution in [-0.4, -0.2) is 20.7 Å². The predicted molar refractivity (Wildman–Crippen MR) is 86.8 cm³/mol. The van der Waals surface area contributed by atoms with Gasteiger partial charge in [-0.15, -0.1) is 0 Å². The first-order chi connectivity index (χ1) is 9.95. The minimum atomic E-state index is -3.62. The quantitative estimate of drug-likeness (QED) is 0.903. The van der Waals surface area contributed by atoms with Crippen LogP contribution in [-0.2, 0) is 9.84 Å². The van der Waals surface area contributed by atoms with Gasteiger partial charge in [-0.1, -0.05) is 59.6 Å². The fourth-order valence-electron chi connectivity index (χ4n) is 2.15. The molecule has 2 N–H and O–H groups in total. The average molecular weight is 344 g/mol. The number of benzene rings is 2. The summed E-state index contributed by atoms with van der Waals surface area (Å²) in [7, 11) is -3.62. The highest BCUT2D eigenvalue weighted by Gasteiger charge is 2.26. The van der Waals surface area contributed by atoms with E-state index in [9.17, 15) is 8.42 Å². The molecule has 0 heterocycles. The lowest BCUT2D eigenvalue weighted by Gasteiger charge is -2.16. The topological polar surface area (TPSA) is 60.2 Å². The zero-order chi connectivity index (χ0) is 15.5. The number of hydrogen-bond acceptors (Lipinski definition) is 3. The van der Waals surface area contributed by atoms with Crippen LogP contribution < -0.4 is 5.73 Å². The number of nitrogens with two attached hydrogens (primary N) is 1. The monoisotopic (exact) mass is 343 g/mol. The van der Waals surface area contributed by atoms with Crippen molar-refractivity contribution in [3.63, 3.8) is 0 Å². The summed E-state index contributed by atoms with van der Waals surface area (Å²) in [5, 5.41) is 0.262. The Morgan fingerprint density at radius 3 is 2.05 bits per heavy atom. The Balaban J connectivity index is 2.37. The largest absolute Gasteiger partial charge is 0.330 e. The summed E-state index contributed by atoms with van der Waals surface area (Å²) in [5.41, 5.74) is 6.62. The normalized spacial score (nSPS) is 13.1. The molecule has 0 fully saturated rings. The predicted octanol–water partition coefficient (Wildman–Crippen LogP) is 3.51. The summed E-state index contributed by atoms with van der Waals surface area (Å²) in [4.78, 5) is -0.0253. The number of halogens is 2. The summed E-state index contributed by atoms with van der Waals surface area (Å²) >= 11 is 12.0. The van der Waals surface area contributed by atoms with Crippen molar-refractivity contribution in [2.45, 2.75) is 10.8 Å². The highest BCUT2D eigenvalue weighted by molar-refractivity contribution is 7.91. The maximum Gasteiger partial charge on any atom is 0.181 e. The van der Waals surface area contributed by atoms with Crippen LogP contribution in [0.4, 0.5) is 0 Å². The van der Waals surface area contributed by atoms with Gasteiger partial charge in [0, 0.05) is 12.5 Å². The molecule has 0 bridgehead atoms. The molecule has 2 rings (SSSR count). The molecular formula is C15H15Cl2NO2S. The highest BCUT2D eigenvalue weighted by Crippen LogP contribution is 2.32. The molecule has 2 aromatic carbocycles. The molecule has 0 aliphatic heterocycles. The van der Waals surface area contributed by atoms with Gasteiger partial charge in [0.25, 0.3) is 0 Å². The summed E-state index contributed by atoms with van der Waals surface area (Å²) in [6.07, 6.45) is 0. The lowest BCUT2D eigenvalue weighted by Crippen LogP contribution is -2.22. The molecule has 0 aromatic heterocycles. The number of sulfone groups is 1. The van der Waals surface area contributed by atoms with Crippen LogP contribution >= 0.6 is 23.2 Å². The van der Waals surface area contributed by atoms with Crippen molar-refractivity contribution in [1.29, 1.82) is 0 Å². The van der Waals surface area contributed by atoms with Crippen molar-refractivity contribution in [1.82, 2.24) is 0 Å². The Labute approximate surface area is 134 Å². The zero-order valence-corrected chi connectivity index (χ0v) is 13.5. The minimum absolute atomic E-state index is 0.0253. The van der Waals surface area contributed by atoms with Crippen LogP contribution in [0.25, 0.3) is 0 Å². The Morgan fingerprint density at radius 2 is 1.52 bits per heavy atom. The Bertz CT molecular complexity index is 697. The molecule has 0 aliphatic carbocycles. The first-order valence-corrected chi connectivity index (χ1v) is 8.78. The second kappa shape index (κ2) is 6.79. The molecule has 0 aliphatic rings. The van der Waals surface area contributed by atoms with Gasteiger partial charge in [-0.3, -0.25) is 0 Å². The second-order valence-electron chi connectivity index (χ2n) is 4.68. The van der Waals surface area contributed by atoms with Crippen LogP contribution in [0, 0.1) is 0 Å². The third kappa shape index (κ3) is 3.77. The van der Waals surface area contributed by atoms with E-state index >= 15 is 0 Å². The summed E-state index contributed by atoms with van der Waals surface area (Å²) < 4.78 is 25.2. The smallest absolute Gasteiger partial charge is 0.181 e. The minimum Gasteiger partial charge on any atom is -0.330 e. The van der Waals surface area contributed by atoms with E-state index in [1.54, 1.807) is 6.07 Å². The maximum atomic E-state index is 12.6.